The first-order chi connectivity index (χ1) is 8.66. The molecular formula is C12H9N3O2S. The van der Waals surface area contributed by atoms with Gasteiger partial charge in [0.25, 0.3) is 11.8 Å². The molecule has 2 heterocycles. The number of hydrogen-bond donors (Lipinski definition) is 1. The van der Waals surface area contributed by atoms with Crippen LogP contribution >= 0.6 is 11.3 Å². The fourth-order valence-electron chi connectivity index (χ4n) is 1.92. The summed E-state index contributed by atoms with van der Waals surface area (Å²) in [7, 11) is 0. The van der Waals surface area contributed by atoms with Crippen LogP contribution < -0.4 is 5.73 Å². The molecule has 0 spiro atoms. The predicted octanol–water partition coefficient (Wildman–Crippen LogP) is 1.52. The van der Waals surface area contributed by atoms with Gasteiger partial charge in [0.15, 0.2) is 0 Å². The fourth-order valence-corrected chi connectivity index (χ4v) is 2.52. The van der Waals surface area contributed by atoms with Gasteiger partial charge >= 0.3 is 0 Å². The first-order valence-corrected chi connectivity index (χ1v) is 6.19. The van der Waals surface area contributed by atoms with Crippen molar-refractivity contribution in [1.29, 1.82) is 0 Å². The average Bonchev–Trinajstić information content (AvgIpc) is 2.93. The van der Waals surface area contributed by atoms with Crippen molar-refractivity contribution in [1.82, 2.24) is 9.88 Å². The quantitative estimate of drug-likeness (QED) is 0.655. The molecule has 0 aliphatic carbocycles. The highest BCUT2D eigenvalue weighted by molar-refractivity contribution is 7.09. The zero-order valence-electron chi connectivity index (χ0n) is 9.29. The molecule has 2 N–H and O–H groups in total. The van der Waals surface area contributed by atoms with E-state index in [1.807, 2.05) is 5.38 Å². The number of benzene rings is 1. The van der Waals surface area contributed by atoms with Crippen molar-refractivity contribution in [2.45, 2.75) is 6.54 Å². The standard InChI is InChI=1S/C12H9N3O2S/c13-7-1-2-8-9(5-7)12(17)15(11(8)16)6-10-14-3-4-18-10/h1-5H,6,13H2. The van der Waals surface area contributed by atoms with Gasteiger partial charge in [-0.1, -0.05) is 0 Å². The molecule has 0 atom stereocenters. The first-order valence-electron chi connectivity index (χ1n) is 5.31. The maximum atomic E-state index is 12.1. The highest BCUT2D eigenvalue weighted by Crippen LogP contribution is 2.26. The number of anilines is 1. The van der Waals surface area contributed by atoms with E-state index in [1.165, 1.54) is 22.3 Å². The molecule has 1 aliphatic rings. The van der Waals surface area contributed by atoms with Crippen molar-refractivity contribution in [2.75, 3.05) is 5.73 Å². The van der Waals surface area contributed by atoms with E-state index < -0.39 is 0 Å². The van der Waals surface area contributed by atoms with Gasteiger partial charge in [-0.3, -0.25) is 14.5 Å². The molecule has 0 saturated carbocycles. The van der Waals surface area contributed by atoms with Gasteiger partial charge in [0.05, 0.1) is 17.7 Å². The number of thiazole rings is 1. The molecule has 18 heavy (non-hydrogen) atoms. The third-order valence-electron chi connectivity index (χ3n) is 2.77. The molecule has 90 valence electrons. The second kappa shape index (κ2) is 3.92. The molecule has 1 aliphatic heterocycles. The van der Waals surface area contributed by atoms with Gasteiger partial charge in [-0.15, -0.1) is 11.3 Å². The second-order valence-corrected chi connectivity index (χ2v) is 4.91. The zero-order valence-corrected chi connectivity index (χ0v) is 10.1. The Morgan fingerprint density at radius 3 is 2.72 bits per heavy atom. The van der Waals surface area contributed by atoms with Crippen LogP contribution in [0.1, 0.15) is 25.7 Å². The van der Waals surface area contributed by atoms with Crippen molar-refractivity contribution in [3.8, 4) is 0 Å². The molecular weight excluding hydrogens is 250 g/mol. The summed E-state index contributed by atoms with van der Waals surface area (Å²) >= 11 is 1.41. The number of imide groups is 1. The minimum Gasteiger partial charge on any atom is -0.399 e. The number of nitrogens with zero attached hydrogens (tertiary/aromatic N) is 2. The van der Waals surface area contributed by atoms with Crippen LogP contribution in [0.3, 0.4) is 0 Å². The van der Waals surface area contributed by atoms with E-state index in [4.69, 9.17) is 5.73 Å². The van der Waals surface area contributed by atoms with Crippen LogP contribution in [0.2, 0.25) is 0 Å². The summed E-state index contributed by atoms with van der Waals surface area (Å²) in [4.78, 5) is 29.5. The fraction of sp³-hybridized carbons (Fsp3) is 0.0833. The van der Waals surface area contributed by atoms with Crippen LogP contribution in [0.4, 0.5) is 5.69 Å². The van der Waals surface area contributed by atoms with E-state index in [-0.39, 0.29) is 18.4 Å². The Labute approximate surface area is 107 Å². The number of fused-ring (bicyclic) bond motifs is 1. The summed E-state index contributed by atoms with van der Waals surface area (Å²) in [5, 5.41) is 2.54. The summed E-state index contributed by atoms with van der Waals surface area (Å²) in [6.45, 7) is 0.212. The number of aromatic nitrogens is 1. The lowest BCUT2D eigenvalue weighted by molar-refractivity contribution is 0.0642. The normalized spacial score (nSPS) is 14.1. The number of hydrogen-bond acceptors (Lipinski definition) is 5. The molecule has 5 nitrogen and oxygen atoms in total. The smallest absolute Gasteiger partial charge is 0.262 e. The largest absolute Gasteiger partial charge is 0.399 e. The van der Waals surface area contributed by atoms with Gasteiger partial charge in [-0.2, -0.15) is 0 Å². The molecule has 1 aromatic heterocycles. The van der Waals surface area contributed by atoms with Gasteiger partial charge in [-0.25, -0.2) is 4.98 Å². The SMILES string of the molecule is Nc1ccc2c(c1)C(=O)N(Cc1nccs1)C2=O. The Morgan fingerprint density at radius 1 is 1.22 bits per heavy atom. The van der Waals surface area contributed by atoms with Crippen molar-refractivity contribution in [3.63, 3.8) is 0 Å². The predicted molar refractivity (Wildman–Crippen MR) is 67.2 cm³/mol. The Morgan fingerprint density at radius 2 is 2.00 bits per heavy atom. The van der Waals surface area contributed by atoms with E-state index in [2.05, 4.69) is 4.98 Å². The summed E-state index contributed by atoms with van der Waals surface area (Å²) in [5.41, 5.74) is 6.89. The summed E-state index contributed by atoms with van der Waals surface area (Å²) in [6, 6.07) is 4.75. The zero-order chi connectivity index (χ0) is 12.7. The highest BCUT2D eigenvalue weighted by Gasteiger charge is 2.35. The minimum absolute atomic E-state index is 0.212. The number of nitrogen functional groups attached to an aromatic ring is 1. The van der Waals surface area contributed by atoms with Crippen molar-refractivity contribution >= 4 is 28.8 Å². The van der Waals surface area contributed by atoms with Crippen molar-refractivity contribution in [2.24, 2.45) is 0 Å². The molecule has 3 rings (SSSR count). The topological polar surface area (TPSA) is 76.3 Å². The van der Waals surface area contributed by atoms with Gasteiger partial charge < -0.3 is 5.73 Å². The van der Waals surface area contributed by atoms with Gasteiger partial charge in [0.1, 0.15) is 5.01 Å². The molecule has 0 bridgehead atoms. The maximum Gasteiger partial charge on any atom is 0.262 e. The Hall–Kier alpha value is -2.21. The second-order valence-electron chi connectivity index (χ2n) is 3.93. The third kappa shape index (κ3) is 1.58. The number of amides is 2. The summed E-state index contributed by atoms with van der Waals surface area (Å²) < 4.78 is 0. The van der Waals surface area contributed by atoms with Crippen molar-refractivity contribution < 1.29 is 9.59 Å². The molecule has 0 fully saturated rings. The van der Waals surface area contributed by atoms with E-state index in [1.54, 1.807) is 18.3 Å². The number of carbonyl (C=O) groups excluding carboxylic acids is 2. The minimum atomic E-state index is -0.308. The molecule has 6 heteroatoms. The Bertz CT molecular complexity index is 637. The molecule has 1 aromatic carbocycles. The molecule has 2 aromatic rings. The Kier molecular flexibility index (Phi) is 2.38. The van der Waals surface area contributed by atoms with Crippen LogP contribution in [0.5, 0.6) is 0 Å². The van der Waals surface area contributed by atoms with E-state index in [0.717, 1.165) is 5.01 Å². The lowest BCUT2D eigenvalue weighted by Gasteiger charge is -2.11. The highest BCUT2D eigenvalue weighted by atomic mass is 32.1. The van der Waals surface area contributed by atoms with E-state index in [0.29, 0.717) is 16.8 Å². The average molecular weight is 259 g/mol. The molecule has 0 saturated heterocycles. The van der Waals surface area contributed by atoms with Crippen LogP contribution in [0, 0.1) is 0 Å². The molecule has 2 amide bonds. The van der Waals surface area contributed by atoms with Crippen LogP contribution in [0.25, 0.3) is 0 Å². The number of rotatable bonds is 2. The Balaban J connectivity index is 1.97. The maximum absolute atomic E-state index is 12.1. The molecule has 0 radical (unpaired) electrons. The number of carbonyl (C=O) groups is 2. The number of nitrogens with two attached hydrogens (primary N) is 1. The van der Waals surface area contributed by atoms with Crippen LogP contribution in [-0.4, -0.2) is 21.7 Å². The van der Waals surface area contributed by atoms with Crippen LogP contribution in [-0.2, 0) is 6.54 Å². The van der Waals surface area contributed by atoms with Gasteiger partial charge in [0, 0.05) is 17.3 Å². The monoisotopic (exact) mass is 259 g/mol. The lowest BCUT2D eigenvalue weighted by Crippen LogP contribution is -2.28. The molecule has 0 unspecified atom stereocenters. The van der Waals surface area contributed by atoms with Gasteiger partial charge in [-0.05, 0) is 18.2 Å². The van der Waals surface area contributed by atoms with E-state index in [9.17, 15) is 9.59 Å². The van der Waals surface area contributed by atoms with Crippen LogP contribution in [0.15, 0.2) is 29.8 Å². The van der Waals surface area contributed by atoms with E-state index >= 15 is 0 Å². The summed E-state index contributed by atoms with van der Waals surface area (Å²) in [6.07, 6.45) is 1.65. The summed E-state index contributed by atoms with van der Waals surface area (Å²) in [5.74, 6) is -0.595. The van der Waals surface area contributed by atoms with Crippen molar-refractivity contribution in [3.05, 3.63) is 45.9 Å². The van der Waals surface area contributed by atoms with Gasteiger partial charge in [0.2, 0.25) is 0 Å². The lowest BCUT2D eigenvalue weighted by atomic mass is 10.1. The third-order valence-corrected chi connectivity index (χ3v) is 3.54. The first kappa shape index (κ1) is 10.9.